The zero-order valence-corrected chi connectivity index (χ0v) is 11.2. The first-order valence-corrected chi connectivity index (χ1v) is 6.27. The van der Waals surface area contributed by atoms with Crippen LogP contribution in [0.3, 0.4) is 0 Å². The molecule has 0 heterocycles. The molecule has 2 nitrogen and oxygen atoms in total. The van der Waals surface area contributed by atoms with Crippen LogP contribution in [0.5, 0.6) is 0 Å². The second kappa shape index (κ2) is 6.01. The fourth-order valence-corrected chi connectivity index (χ4v) is 1.80. The Labute approximate surface area is 113 Å². The molecule has 1 N–H and O–H groups in total. The predicted octanol–water partition coefficient (Wildman–Crippen LogP) is 4.04. The molecule has 0 atom stereocenters. The molecule has 0 fully saturated rings. The van der Waals surface area contributed by atoms with E-state index in [-0.39, 0.29) is 5.91 Å². The number of rotatable bonds is 3. The molecule has 0 unspecified atom stereocenters. The monoisotopic (exact) mass is 251 g/mol. The minimum atomic E-state index is -0.0712. The fourth-order valence-electron chi connectivity index (χ4n) is 1.80. The molecule has 0 bridgehead atoms. The lowest BCUT2D eigenvalue weighted by Crippen LogP contribution is -2.13. The minimum absolute atomic E-state index is 0.0712. The topological polar surface area (TPSA) is 29.1 Å². The Morgan fingerprint density at radius 1 is 1.00 bits per heavy atom. The molecule has 0 radical (unpaired) electrons. The van der Waals surface area contributed by atoms with Crippen LogP contribution in [0.15, 0.2) is 60.2 Å². The van der Waals surface area contributed by atoms with Crippen molar-refractivity contribution in [3.8, 4) is 0 Å². The first-order valence-electron chi connectivity index (χ1n) is 6.27. The fraction of sp³-hybridized carbons (Fsp3) is 0.118. The number of carbonyl (C=O) groups excluding carboxylic acids is 1. The molecule has 0 spiro atoms. The molecule has 96 valence electrons. The molecule has 1 amide bonds. The first kappa shape index (κ1) is 13.1. The van der Waals surface area contributed by atoms with Gasteiger partial charge in [0.05, 0.1) is 0 Å². The van der Waals surface area contributed by atoms with E-state index in [1.54, 1.807) is 0 Å². The van der Waals surface area contributed by atoms with Crippen LogP contribution >= 0.6 is 0 Å². The van der Waals surface area contributed by atoms with E-state index in [1.807, 2.05) is 74.5 Å². The lowest BCUT2D eigenvalue weighted by molar-refractivity contribution is -0.112. The minimum Gasteiger partial charge on any atom is -0.322 e. The third-order valence-electron chi connectivity index (χ3n) is 2.93. The Kier molecular flexibility index (Phi) is 4.14. The van der Waals surface area contributed by atoms with Gasteiger partial charge in [0.1, 0.15) is 0 Å². The van der Waals surface area contributed by atoms with E-state index < -0.39 is 0 Å². The molecular formula is C17H17NO. The first-order chi connectivity index (χ1) is 9.16. The summed E-state index contributed by atoms with van der Waals surface area (Å²) in [6, 6.07) is 17.6. The largest absolute Gasteiger partial charge is 0.322 e. The molecular weight excluding hydrogens is 234 g/mol. The summed E-state index contributed by atoms with van der Waals surface area (Å²) in [6.45, 7) is 3.80. The van der Waals surface area contributed by atoms with Crippen molar-refractivity contribution in [2.75, 3.05) is 5.32 Å². The molecule has 0 aliphatic heterocycles. The summed E-state index contributed by atoms with van der Waals surface area (Å²) in [5, 5.41) is 2.92. The number of carbonyl (C=O) groups is 1. The third kappa shape index (κ3) is 3.55. The zero-order chi connectivity index (χ0) is 13.7. The van der Waals surface area contributed by atoms with Crippen LogP contribution in [0.2, 0.25) is 0 Å². The van der Waals surface area contributed by atoms with E-state index in [0.29, 0.717) is 5.57 Å². The SMILES string of the molecule is CC(=Cc1ccccc1)C(=O)Nc1ccccc1C. The Balaban J connectivity index is 2.12. The quantitative estimate of drug-likeness (QED) is 0.820. The average Bonchev–Trinajstić information content (AvgIpc) is 2.42. The predicted molar refractivity (Wildman–Crippen MR) is 79.9 cm³/mol. The third-order valence-corrected chi connectivity index (χ3v) is 2.93. The summed E-state index contributed by atoms with van der Waals surface area (Å²) in [7, 11) is 0. The highest BCUT2D eigenvalue weighted by Crippen LogP contribution is 2.15. The molecule has 0 aliphatic rings. The molecule has 2 aromatic rings. The summed E-state index contributed by atoms with van der Waals surface area (Å²) in [4.78, 5) is 12.1. The number of hydrogen-bond acceptors (Lipinski definition) is 1. The summed E-state index contributed by atoms with van der Waals surface area (Å²) in [6.07, 6.45) is 1.88. The number of hydrogen-bond donors (Lipinski definition) is 1. The summed E-state index contributed by atoms with van der Waals surface area (Å²) in [5.41, 5.74) is 3.63. The van der Waals surface area contributed by atoms with Crippen LogP contribution in [0.1, 0.15) is 18.1 Å². The van der Waals surface area contributed by atoms with E-state index in [4.69, 9.17) is 0 Å². The zero-order valence-electron chi connectivity index (χ0n) is 11.2. The van der Waals surface area contributed by atoms with Crippen LogP contribution in [-0.4, -0.2) is 5.91 Å². The molecule has 2 aromatic carbocycles. The number of aryl methyl sites for hydroxylation is 1. The number of para-hydroxylation sites is 1. The number of benzene rings is 2. The van der Waals surface area contributed by atoms with Gasteiger partial charge in [-0.1, -0.05) is 48.5 Å². The average molecular weight is 251 g/mol. The maximum absolute atomic E-state index is 12.1. The van der Waals surface area contributed by atoms with Crippen molar-refractivity contribution in [2.24, 2.45) is 0 Å². The van der Waals surface area contributed by atoms with Gasteiger partial charge in [0.25, 0.3) is 5.91 Å². The lowest BCUT2D eigenvalue weighted by Gasteiger charge is -2.08. The Hall–Kier alpha value is -2.35. The maximum Gasteiger partial charge on any atom is 0.251 e. The highest BCUT2D eigenvalue weighted by molar-refractivity contribution is 6.06. The molecule has 0 saturated heterocycles. The molecule has 0 aliphatic carbocycles. The van der Waals surface area contributed by atoms with E-state index >= 15 is 0 Å². The van der Waals surface area contributed by atoms with Crippen molar-refractivity contribution in [1.29, 1.82) is 0 Å². The molecule has 2 rings (SSSR count). The summed E-state index contributed by atoms with van der Waals surface area (Å²) >= 11 is 0. The highest BCUT2D eigenvalue weighted by Gasteiger charge is 2.06. The molecule has 0 saturated carbocycles. The Morgan fingerprint density at radius 2 is 1.63 bits per heavy atom. The van der Waals surface area contributed by atoms with Gasteiger partial charge in [0.2, 0.25) is 0 Å². The van der Waals surface area contributed by atoms with Gasteiger partial charge in [-0.25, -0.2) is 0 Å². The Morgan fingerprint density at radius 3 is 2.32 bits per heavy atom. The van der Waals surface area contributed by atoms with Crippen LogP contribution in [0.4, 0.5) is 5.69 Å². The number of anilines is 1. The Bertz CT molecular complexity index is 600. The highest BCUT2D eigenvalue weighted by atomic mass is 16.1. The van der Waals surface area contributed by atoms with Crippen molar-refractivity contribution < 1.29 is 4.79 Å². The van der Waals surface area contributed by atoms with Gasteiger partial charge in [-0.3, -0.25) is 4.79 Å². The van der Waals surface area contributed by atoms with Gasteiger partial charge in [0, 0.05) is 11.3 Å². The lowest BCUT2D eigenvalue weighted by atomic mass is 10.1. The number of nitrogens with one attached hydrogen (secondary N) is 1. The van der Waals surface area contributed by atoms with Gasteiger partial charge in [-0.05, 0) is 37.1 Å². The van der Waals surface area contributed by atoms with Gasteiger partial charge in [0.15, 0.2) is 0 Å². The summed E-state index contributed by atoms with van der Waals surface area (Å²) in [5.74, 6) is -0.0712. The van der Waals surface area contributed by atoms with Crippen molar-refractivity contribution in [3.05, 3.63) is 71.3 Å². The normalized spacial score (nSPS) is 11.2. The molecule has 19 heavy (non-hydrogen) atoms. The van der Waals surface area contributed by atoms with Gasteiger partial charge in [-0.15, -0.1) is 0 Å². The molecule has 0 aromatic heterocycles. The standard InChI is InChI=1S/C17H17NO/c1-13-8-6-7-11-16(13)18-17(19)14(2)12-15-9-4-3-5-10-15/h3-12H,1-2H3,(H,18,19). The smallest absolute Gasteiger partial charge is 0.251 e. The number of amides is 1. The van der Waals surface area contributed by atoms with Crippen LogP contribution < -0.4 is 5.32 Å². The van der Waals surface area contributed by atoms with Crippen molar-refractivity contribution >= 4 is 17.7 Å². The molecule has 2 heteroatoms. The van der Waals surface area contributed by atoms with Gasteiger partial charge in [-0.2, -0.15) is 0 Å². The second-order valence-corrected chi connectivity index (χ2v) is 4.51. The van der Waals surface area contributed by atoms with Crippen molar-refractivity contribution in [3.63, 3.8) is 0 Å². The maximum atomic E-state index is 12.1. The van der Waals surface area contributed by atoms with Crippen molar-refractivity contribution in [2.45, 2.75) is 13.8 Å². The van der Waals surface area contributed by atoms with Crippen LogP contribution in [0.25, 0.3) is 6.08 Å². The van der Waals surface area contributed by atoms with Gasteiger partial charge < -0.3 is 5.32 Å². The van der Waals surface area contributed by atoms with E-state index in [9.17, 15) is 4.79 Å². The summed E-state index contributed by atoms with van der Waals surface area (Å²) < 4.78 is 0. The van der Waals surface area contributed by atoms with E-state index in [1.165, 1.54) is 0 Å². The van der Waals surface area contributed by atoms with Crippen LogP contribution in [-0.2, 0) is 4.79 Å². The van der Waals surface area contributed by atoms with Gasteiger partial charge >= 0.3 is 0 Å². The van der Waals surface area contributed by atoms with E-state index in [0.717, 1.165) is 16.8 Å². The van der Waals surface area contributed by atoms with Crippen molar-refractivity contribution in [1.82, 2.24) is 0 Å². The van der Waals surface area contributed by atoms with Crippen LogP contribution in [0, 0.1) is 6.92 Å². The second-order valence-electron chi connectivity index (χ2n) is 4.51. The van der Waals surface area contributed by atoms with E-state index in [2.05, 4.69) is 5.32 Å².